The van der Waals surface area contributed by atoms with Gasteiger partial charge in [0.25, 0.3) is 0 Å². The quantitative estimate of drug-likeness (QED) is 0.440. The van der Waals surface area contributed by atoms with Gasteiger partial charge in [0, 0.05) is 18.8 Å². The van der Waals surface area contributed by atoms with Gasteiger partial charge in [-0.1, -0.05) is 25.1 Å². The SMILES string of the molecule is C.CN(CC(=O)OCc1cccnc1NC(=O)OCCl)C(=O)OC(C)(C)C. The van der Waals surface area contributed by atoms with Crippen molar-refractivity contribution >= 4 is 35.6 Å². The number of alkyl halides is 1. The number of hydrogen-bond acceptors (Lipinski definition) is 7. The second kappa shape index (κ2) is 11.2. The van der Waals surface area contributed by atoms with Gasteiger partial charge < -0.3 is 19.1 Å². The monoisotopic (exact) mass is 403 g/mol. The molecule has 0 spiro atoms. The number of hydrogen-bond donors (Lipinski definition) is 1. The van der Waals surface area contributed by atoms with E-state index in [1.54, 1.807) is 32.9 Å². The highest BCUT2D eigenvalue weighted by molar-refractivity contribution is 6.17. The summed E-state index contributed by atoms with van der Waals surface area (Å²) in [6.07, 6.45) is 0.0377. The third-order valence-corrected chi connectivity index (χ3v) is 2.87. The molecule has 27 heavy (non-hydrogen) atoms. The summed E-state index contributed by atoms with van der Waals surface area (Å²) >= 11 is 5.30. The van der Waals surface area contributed by atoms with Crippen LogP contribution in [0.2, 0.25) is 0 Å². The van der Waals surface area contributed by atoms with Crippen molar-refractivity contribution in [2.24, 2.45) is 0 Å². The summed E-state index contributed by atoms with van der Waals surface area (Å²) in [6, 6.07) is 2.93. The molecule has 1 aromatic heterocycles. The van der Waals surface area contributed by atoms with Crippen molar-refractivity contribution in [2.75, 3.05) is 25.0 Å². The Kier molecular flexibility index (Phi) is 10.2. The summed E-state index contributed by atoms with van der Waals surface area (Å²) in [6.45, 7) is 4.74. The van der Waals surface area contributed by atoms with Gasteiger partial charge in [-0.15, -0.1) is 0 Å². The molecule has 1 aromatic rings. The molecule has 1 N–H and O–H groups in total. The summed E-state index contributed by atoms with van der Waals surface area (Å²) in [5, 5.41) is 2.39. The van der Waals surface area contributed by atoms with Gasteiger partial charge in [-0.25, -0.2) is 14.6 Å². The van der Waals surface area contributed by atoms with Crippen LogP contribution in [0, 0.1) is 0 Å². The van der Waals surface area contributed by atoms with E-state index in [-0.39, 0.29) is 32.5 Å². The largest absolute Gasteiger partial charge is 0.459 e. The minimum absolute atomic E-state index is 0. The Hall–Kier alpha value is -2.55. The third-order valence-electron chi connectivity index (χ3n) is 2.76. The van der Waals surface area contributed by atoms with E-state index in [0.29, 0.717) is 5.56 Å². The number of nitrogens with one attached hydrogen (secondary N) is 1. The average Bonchev–Trinajstić information content (AvgIpc) is 2.52. The first-order chi connectivity index (χ1) is 12.1. The summed E-state index contributed by atoms with van der Waals surface area (Å²) in [4.78, 5) is 40.2. The van der Waals surface area contributed by atoms with Crippen LogP contribution in [-0.4, -0.2) is 53.3 Å². The summed E-state index contributed by atoms with van der Waals surface area (Å²) < 4.78 is 14.8. The van der Waals surface area contributed by atoms with E-state index in [1.807, 2.05) is 0 Å². The number of nitrogens with zero attached hydrogens (tertiary/aromatic N) is 2. The zero-order valence-corrected chi connectivity index (χ0v) is 15.8. The molecule has 0 saturated carbocycles. The van der Waals surface area contributed by atoms with Gasteiger partial charge in [-0.05, 0) is 26.8 Å². The van der Waals surface area contributed by atoms with E-state index in [0.717, 1.165) is 4.90 Å². The van der Waals surface area contributed by atoms with Crippen LogP contribution in [0.5, 0.6) is 0 Å². The fourth-order valence-electron chi connectivity index (χ4n) is 1.65. The highest BCUT2D eigenvalue weighted by Crippen LogP contribution is 2.14. The lowest BCUT2D eigenvalue weighted by atomic mass is 10.2. The van der Waals surface area contributed by atoms with Crippen LogP contribution < -0.4 is 5.32 Å². The molecule has 0 unspecified atom stereocenters. The van der Waals surface area contributed by atoms with Crippen LogP contribution in [0.3, 0.4) is 0 Å². The molecule has 9 nitrogen and oxygen atoms in total. The molecule has 0 aliphatic carbocycles. The minimum atomic E-state index is -0.782. The summed E-state index contributed by atoms with van der Waals surface area (Å²) in [7, 11) is 1.43. The van der Waals surface area contributed by atoms with E-state index in [2.05, 4.69) is 15.0 Å². The number of carbonyl (C=O) groups is 3. The number of amides is 2. The fraction of sp³-hybridized carbons (Fsp3) is 0.529. The average molecular weight is 404 g/mol. The van der Waals surface area contributed by atoms with Gasteiger partial charge in [0.15, 0.2) is 6.07 Å². The maximum atomic E-state index is 11.9. The Balaban J connectivity index is 0.00000676. The molecule has 0 bridgehead atoms. The van der Waals surface area contributed by atoms with Crippen molar-refractivity contribution < 1.29 is 28.6 Å². The van der Waals surface area contributed by atoms with Crippen LogP contribution in [0.1, 0.15) is 33.8 Å². The predicted octanol–water partition coefficient (Wildman–Crippen LogP) is 3.37. The van der Waals surface area contributed by atoms with E-state index in [1.165, 1.54) is 13.2 Å². The number of rotatable bonds is 6. The van der Waals surface area contributed by atoms with E-state index < -0.39 is 23.8 Å². The number of carbonyl (C=O) groups excluding carboxylic acids is 3. The lowest BCUT2D eigenvalue weighted by molar-refractivity contribution is -0.145. The number of ether oxygens (including phenoxy) is 3. The zero-order chi connectivity index (χ0) is 19.7. The standard InChI is InChI=1S/C16H22ClN3O6.CH4/c1-16(2,3)26-15(23)20(4)8-12(21)24-9-11-6-5-7-18-13(11)19-14(22)25-10-17;/h5-7H,8-10H2,1-4H3,(H,18,19,22);1H4. The second-order valence-electron chi connectivity index (χ2n) is 6.17. The zero-order valence-electron chi connectivity index (χ0n) is 15.1. The first kappa shape index (κ1) is 24.5. The third kappa shape index (κ3) is 9.64. The lowest BCUT2D eigenvalue weighted by Gasteiger charge is -2.24. The van der Waals surface area contributed by atoms with Crippen LogP contribution in [-0.2, 0) is 25.6 Å². The molecule has 10 heteroatoms. The van der Waals surface area contributed by atoms with Gasteiger partial charge >= 0.3 is 18.2 Å². The molecule has 0 atom stereocenters. The molecule has 0 aliphatic rings. The highest BCUT2D eigenvalue weighted by Gasteiger charge is 2.21. The van der Waals surface area contributed by atoms with Crippen LogP contribution in [0.4, 0.5) is 15.4 Å². The Morgan fingerprint density at radius 2 is 1.93 bits per heavy atom. The van der Waals surface area contributed by atoms with E-state index in [9.17, 15) is 14.4 Å². The van der Waals surface area contributed by atoms with Crippen LogP contribution in [0.15, 0.2) is 18.3 Å². The highest BCUT2D eigenvalue weighted by atomic mass is 35.5. The molecule has 0 fully saturated rings. The minimum Gasteiger partial charge on any atom is -0.459 e. The normalized spacial score (nSPS) is 10.3. The number of anilines is 1. The van der Waals surface area contributed by atoms with E-state index in [4.69, 9.17) is 21.1 Å². The predicted molar refractivity (Wildman–Crippen MR) is 100 cm³/mol. The van der Waals surface area contributed by atoms with Crippen molar-refractivity contribution in [3.05, 3.63) is 23.9 Å². The van der Waals surface area contributed by atoms with Crippen molar-refractivity contribution in [3.63, 3.8) is 0 Å². The molecular formula is C17H26ClN3O6. The molecule has 152 valence electrons. The van der Waals surface area contributed by atoms with Crippen LogP contribution in [0.25, 0.3) is 0 Å². The molecule has 2 amide bonds. The molecule has 1 heterocycles. The van der Waals surface area contributed by atoms with Crippen molar-refractivity contribution in [1.29, 1.82) is 0 Å². The molecule has 0 aliphatic heterocycles. The first-order valence-electron chi connectivity index (χ1n) is 7.65. The second-order valence-corrected chi connectivity index (χ2v) is 6.39. The van der Waals surface area contributed by atoms with Gasteiger partial charge in [-0.3, -0.25) is 10.1 Å². The molecule has 1 rings (SSSR count). The fourth-order valence-corrected chi connectivity index (χ4v) is 1.75. The smallest absolute Gasteiger partial charge is 0.414 e. The van der Waals surface area contributed by atoms with Gasteiger partial charge in [0.1, 0.15) is 24.6 Å². The number of aromatic nitrogens is 1. The Morgan fingerprint density at radius 3 is 2.52 bits per heavy atom. The maximum Gasteiger partial charge on any atom is 0.414 e. The summed E-state index contributed by atoms with van der Waals surface area (Å²) in [5.41, 5.74) is -0.212. The van der Waals surface area contributed by atoms with Crippen molar-refractivity contribution in [3.8, 4) is 0 Å². The summed E-state index contributed by atoms with van der Waals surface area (Å²) in [5.74, 6) is -0.465. The first-order valence-corrected chi connectivity index (χ1v) is 8.19. The van der Waals surface area contributed by atoms with Gasteiger partial charge in [0.05, 0.1) is 0 Å². The number of pyridine rings is 1. The van der Waals surface area contributed by atoms with Crippen LogP contribution >= 0.6 is 11.6 Å². The molecule has 0 aromatic carbocycles. The molecular weight excluding hydrogens is 378 g/mol. The maximum absolute atomic E-state index is 11.9. The number of likely N-dealkylation sites (N-methyl/N-ethyl adjacent to an activating group) is 1. The van der Waals surface area contributed by atoms with Crippen molar-refractivity contribution in [1.82, 2.24) is 9.88 Å². The number of esters is 1. The number of halogens is 1. The Morgan fingerprint density at radius 1 is 1.26 bits per heavy atom. The van der Waals surface area contributed by atoms with E-state index >= 15 is 0 Å². The van der Waals surface area contributed by atoms with Gasteiger partial charge in [-0.2, -0.15) is 0 Å². The molecule has 0 saturated heterocycles. The Bertz CT molecular complexity index is 648. The topological polar surface area (TPSA) is 107 Å². The molecule has 0 radical (unpaired) electrons. The Labute approximate surface area is 163 Å². The lowest BCUT2D eigenvalue weighted by Crippen LogP contribution is -2.37. The van der Waals surface area contributed by atoms with Gasteiger partial charge in [0.2, 0.25) is 0 Å². The van der Waals surface area contributed by atoms with Crippen molar-refractivity contribution in [2.45, 2.75) is 40.4 Å².